The lowest BCUT2D eigenvalue weighted by molar-refractivity contribution is -0.153. The highest BCUT2D eigenvalue weighted by molar-refractivity contribution is 5.89. The van der Waals surface area contributed by atoms with Crippen molar-refractivity contribution in [3.05, 3.63) is 66.9 Å². The standard InChI is InChI=1S/C21H22N2O4/c1-26-20(24)17-18-16-11-7-6-8-14(16)12-13-22(18)23(19(17)21(25)27-2)15-9-4-3-5-10-15/h3-14,16-19H,1-2H3/t14?,16?,17-,18-,19-/m1/s1. The molecule has 0 saturated carbocycles. The van der Waals surface area contributed by atoms with Gasteiger partial charge in [0.25, 0.3) is 0 Å². The Balaban J connectivity index is 1.87. The first-order chi connectivity index (χ1) is 13.2. The number of ether oxygens (including phenoxy) is 2. The fraction of sp³-hybridized carbons (Fsp3) is 0.333. The number of methoxy groups -OCH3 is 2. The molecule has 1 aromatic carbocycles. The molecule has 0 N–H and O–H groups in total. The summed E-state index contributed by atoms with van der Waals surface area (Å²) in [5.41, 5.74) is 0.822. The third-order valence-electron chi connectivity index (χ3n) is 5.54. The molecule has 0 amide bonds. The van der Waals surface area contributed by atoms with Gasteiger partial charge in [0, 0.05) is 18.0 Å². The second-order valence-electron chi connectivity index (χ2n) is 6.83. The zero-order chi connectivity index (χ0) is 19.0. The molecule has 0 bridgehead atoms. The molecule has 2 aliphatic heterocycles. The van der Waals surface area contributed by atoms with Gasteiger partial charge in [-0.2, -0.15) is 0 Å². The zero-order valence-electron chi connectivity index (χ0n) is 15.3. The van der Waals surface area contributed by atoms with Crippen molar-refractivity contribution in [2.24, 2.45) is 17.8 Å². The summed E-state index contributed by atoms with van der Waals surface area (Å²) in [4.78, 5) is 25.6. The van der Waals surface area contributed by atoms with E-state index in [9.17, 15) is 9.59 Å². The third-order valence-corrected chi connectivity index (χ3v) is 5.54. The Morgan fingerprint density at radius 3 is 2.33 bits per heavy atom. The Morgan fingerprint density at radius 2 is 1.63 bits per heavy atom. The molecule has 2 heterocycles. The number of nitrogens with zero attached hydrogens (tertiary/aromatic N) is 2. The van der Waals surface area contributed by atoms with Gasteiger partial charge in [0.1, 0.15) is 5.92 Å². The highest BCUT2D eigenvalue weighted by Crippen LogP contribution is 2.45. The second kappa shape index (κ2) is 6.95. The molecule has 0 radical (unpaired) electrons. The van der Waals surface area contributed by atoms with Crippen LogP contribution in [0.3, 0.4) is 0 Å². The predicted molar refractivity (Wildman–Crippen MR) is 100 cm³/mol. The van der Waals surface area contributed by atoms with Gasteiger partial charge in [0.2, 0.25) is 0 Å². The van der Waals surface area contributed by atoms with Gasteiger partial charge in [0.05, 0.1) is 25.9 Å². The Hall–Kier alpha value is -3.02. The van der Waals surface area contributed by atoms with Crippen LogP contribution in [0.5, 0.6) is 0 Å². The van der Waals surface area contributed by atoms with Crippen molar-refractivity contribution in [3.63, 3.8) is 0 Å². The van der Waals surface area contributed by atoms with Crippen molar-refractivity contribution in [2.45, 2.75) is 12.1 Å². The van der Waals surface area contributed by atoms with E-state index >= 15 is 0 Å². The number of hydrogen-bond acceptors (Lipinski definition) is 6. The molecule has 0 aromatic heterocycles. The number of hydrogen-bond donors (Lipinski definition) is 0. The van der Waals surface area contributed by atoms with Crippen LogP contribution >= 0.6 is 0 Å². The van der Waals surface area contributed by atoms with Crippen molar-refractivity contribution < 1.29 is 19.1 Å². The summed E-state index contributed by atoms with van der Waals surface area (Å²) in [6.07, 6.45) is 12.3. The van der Waals surface area contributed by atoms with Crippen molar-refractivity contribution in [1.82, 2.24) is 5.01 Å². The van der Waals surface area contributed by atoms with Gasteiger partial charge in [0.15, 0.2) is 6.04 Å². The van der Waals surface area contributed by atoms with Crippen molar-refractivity contribution in [1.29, 1.82) is 0 Å². The number of hydrazine groups is 1. The van der Waals surface area contributed by atoms with Crippen LogP contribution in [-0.4, -0.2) is 43.3 Å². The van der Waals surface area contributed by atoms with E-state index in [0.717, 1.165) is 5.69 Å². The van der Waals surface area contributed by atoms with Crippen LogP contribution in [0.15, 0.2) is 66.9 Å². The van der Waals surface area contributed by atoms with E-state index in [1.54, 1.807) is 0 Å². The van der Waals surface area contributed by atoms with E-state index in [1.807, 2.05) is 58.7 Å². The molecule has 140 valence electrons. The number of carbonyl (C=O) groups excluding carboxylic acids is 2. The summed E-state index contributed by atoms with van der Waals surface area (Å²) in [5, 5.41) is 3.85. The van der Waals surface area contributed by atoms with E-state index in [0.29, 0.717) is 0 Å². The number of benzene rings is 1. The average molecular weight is 366 g/mol. The molecule has 1 aromatic rings. The largest absolute Gasteiger partial charge is 0.469 e. The molecule has 1 saturated heterocycles. The highest BCUT2D eigenvalue weighted by Gasteiger charge is 2.58. The molecule has 4 rings (SSSR count). The average Bonchev–Trinajstić information content (AvgIpc) is 3.08. The number of rotatable bonds is 3. The van der Waals surface area contributed by atoms with Crippen LogP contribution in [0.2, 0.25) is 0 Å². The molecule has 3 aliphatic rings. The predicted octanol–water partition coefficient (Wildman–Crippen LogP) is 2.31. The molecule has 27 heavy (non-hydrogen) atoms. The van der Waals surface area contributed by atoms with Gasteiger partial charge >= 0.3 is 11.9 Å². The molecule has 1 aliphatic carbocycles. The summed E-state index contributed by atoms with van der Waals surface area (Å²) < 4.78 is 10.2. The lowest BCUT2D eigenvalue weighted by Gasteiger charge is -2.41. The Morgan fingerprint density at radius 1 is 0.926 bits per heavy atom. The van der Waals surface area contributed by atoms with Crippen molar-refractivity contribution in [2.75, 3.05) is 19.2 Å². The minimum absolute atomic E-state index is 0.0602. The quantitative estimate of drug-likeness (QED) is 0.765. The molecule has 6 heteroatoms. The lowest BCUT2D eigenvalue weighted by atomic mass is 9.75. The van der Waals surface area contributed by atoms with Crippen LogP contribution in [0.1, 0.15) is 0 Å². The molecule has 2 unspecified atom stereocenters. The van der Waals surface area contributed by atoms with E-state index < -0.39 is 23.9 Å². The van der Waals surface area contributed by atoms with Crippen LogP contribution in [0.25, 0.3) is 0 Å². The smallest absolute Gasteiger partial charge is 0.331 e. The van der Waals surface area contributed by atoms with E-state index in [1.165, 1.54) is 14.2 Å². The van der Waals surface area contributed by atoms with E-state index in [-0.39, 0.29) is 17.9 Å². The second-order valence-corrected chi connectivity index (χ2v) is 6.83. The summed E-state index contributed by atoms with van der Waals surface area (Å²) in [5.74, 6) is -1.29. The van der Waals surface area contributed by atoms with Gasteiger partial charge in [-0.05, 0) is 12.1 Å². The first-order valence-electron chi connectivity index (χ1n) is 8.99. The monoisotopic (exact) mass is 366 g/mol. The van der Waals surface area contributed by atoms with Crippen LogP contribution < -0.4 is 5.01 Å². The molecular weight excluding hydrogens is 344 g/mol. The number of fused-ring (bicyclic) bond motifs is 3. The maximum absolute atomic E-state index is 12.8. The van der Waals surface area contributed by atoms with Gasteiger partial charge < -0.3 is 9.47 Å². The molecule has 0 spiro atoms. The molecular formula is C21H22N2O4. The zero-order valence-corrected chi connectivity index (χ0v) is 15.3. The topological polar surface area (TPSA) is 59.1 Å². The molecule has 1 fully saturated rings. The summed E-state index contributed by atoms with van der Waals surface area (Å²) >= 11 is 0. The van der Waals surface area contributed by atoms with Gasteiger partial charge in [-0.1, -0.05) is 48.6 Å². The van der Waals surface area contributed by atoms with Crippen molar-refractivity contribution in [3.8, 4) is 0 Å². The first kappa shape index (κ1) is 17.4. The van der Waals surface area contributed by atoms with Crippen molar-refractivity contribution >= 4 is 17.6 Å². The Kier molecular flexibility index (Phi) is 4.48. The van der Waals surface area contributed by atoms with Crippen LogP contribution in [-0.2, 0) is 19.1 Å². The minimum atomic E-state index is -0.794. The summed E-state index contributed by atoms with van der Waals surface area (Å²) in [6, 6.07) is 8.54. The molecule has 6 nitrogen and oxygen atoms in total. The Bertz CT molecular complexity index is 817. The Labute approximate surface area is 158 Å². The number of esters is 2. The van der Waals surface area contributed by atoms with E-state index in [2.05, 4.69) is 18.2 Å². The maximum Gasteiger partial charge on any atom is 0.331 e. The van der Waals surface area contributed by atoms with Gasteiger partial charge in [-0.25, -0.2) is 4.79 Å². The van der Waals surface area contributed by atoms with Crippen LogP contribution in [0, 0.1) is 17.8 Å². The fourth-order valence-electron chi connectivity index (χ4n) is 4.39. The fourth-order valence-corrected chi connectivity index (χ4v) is 4.39. The highest BCUT2D eigenvalue weighted by atomic mass is 16.5. The third kappa shape index (κ3) is 2.72. The molecule has 5 atom stereocenters. The van der Waals surface area contributed by atoms with E-state index in [4.69, 9.17) is 9.47 Å². The number of carbonyl (C=O) groups is 2. The minimum Gasteiger partial charge on any atom is -0.469 e. The maximum atomic E-state index is 12.8. The normalized spacial score (nSPS) is 30.7. The van der Waals surface area contributed by atoms with Gasteiger partial charge in [-0.15, -0.1) is 0 Å². The lowest BCUT2D eigenvalue weighted by Crippen LogP contribution is -2.47. The van der Waals surface area contributed by atoms with Crippen LogP contribution in [0.4, 0.5) is 5.69 Å². The first-order valence-corrected chi connectivity index (χ1v) is 8.99. The SMILES string of the molecule is COC(=O)[C@@H]1[C@H]2C3C=CC=CC3C=CN2N(c2ccccc2)[C@H]1C(=O)OC. The number of anilines is 1. The number of allylic oxidation sites excluding steroid dienone is 4. The number of para-hydroxylation sites is 1. The van der Waals surface area contributed by atoms with Gasteiger partial charge in [-0.3, -0.25) is 14.8 Å². The summed E-state index contributed by atoms with van der Waals surface area (Å²) in [7, 11) is 2.71. The summed E-state index contributed by atoms with van der Waals surface area (Å²) in [6.45, 7) is 0.